The van der Waals surface area contributed by atoms with Crippen molar-refractivity contribution in [2.45, 2.75) is 6.92 Å². The van der Waals surface area contributed by atoms with Crippen LogP contribution in [0.5, 0.6) is 11.5 Å². The summed E-state index contributed by atoms with van der Waals surface area (Å²) in [6.45, 7) is 5.83. The van der Waals surface area contributed by atoms with Crippen molar-refractivity contribution in [3.8, 4) is 11.5 Å². The van der Waals surface area contributed by atoms with E-state index >= 15 is 0 Å². The third-order valence-corrected chi connectivity index (χ3v) is 3.50. The van der Waals surface area contributed by atoms with Crippen LogP contribution in [0.4, 0.5) is 0 Å². The zero-order valence-electron chi connectivity index (χ0n) is 12.4. The molecule has 0 saturated carbocycles. The number of benzene rings is 1. The fourth-order valence-corrected chi connectivity index (χ4v) is 2.27. The summed E-state index contributed by atoms with van der Waals surface area (Å²) in [5.74, 6) is 1.33. The van der Waals surface area contributed by atoms with E-state index in [9.17, 15) is 4.79 Å². The summed E-state index contributed by atoms with van der Waals surface area (Å²) >= 11 is 0. The largest absolute Gasteiger partial charge is 0.493 e. The molecule has 1 aliphatic heterocycles. The normalized spacial score (nSPS) is 16.1. The molecule has 1 aromatic carbocycles. The first-order valence-corrected chi connectivity index (χ1v) is 6.94. The van der Waals surface area contributed by atoms with Crippen LogP contribution in [0.1, 0.15) is 17.3 Å². The van der Waals surface area contributed by atoms with Crippen LogP contribution in [-0.2, 0) is 0 Å². The van der Waals surface area contributed by atoms with Gasteiger partial charge < -0.3 is 19.3 Å². The van der Waals surface area contributed by atoms with Crippen molar-refractivity contribution in [1.29, 1.82) is 0 Å². The molecular weight excluding hydrogens is 256 g/mol. The molecule has 0 aromatic heterocycles. The molecule has 0 radical (unpaired) electrons. The molecule has 1 aromatic rings. The maximum Gasteiger partial charge on any atom is 0.254 e. The minimum atomic E-state index is 0.0571. The van der Waals surface area contributed by atoms with Gasteiger partial charge in [0.15, 0.2) is 11.5 Å². The Morgan fingerprint density at radius 2 is 1.90 bits per heavy atom. The van der Waals surface area contributed by atoms with Crippen molar-refractivity contribution in [3.63, 3.8) is 0 Å². The first-order chi connectivity index (χ1) is 9.65. The second kappa shape index (κ2) is 6.61. The minimum Gasteiger partial charge on any atom is -0.493 e. The van der Waals surface area contributed by atoms with Crippen molar-refractivity contribution < 1.29 is 14.3 Å². The van der Waals surface area contributed by atoms with Gasteiger partial charge in [-0.1, -0.05) is 0 Å². The fourth-order valence-electron chi connectivity index (χ4n) is 2.27. The van der Waals surface area contributed by atoms with Crippen molar-refractivity contribution in [2.24, 2.45) is 0 Å². The number of amides is 1. The molecule has 1 amide bonds. The average Bonchev–Trinajstić information content (AvgIpc) is 2.47. The highest BCUT2D eigenvalue weighted by molar-refractivity contribution is 5.95. The quantitative estimate of drug-likeness (QED) is 0.836. The van der Waals surface area contributed by atoms with Crippen LogP contribution in [0.3, 0.4) is 0 Å². The fraction of sp³-hybridized carbons (Fsp3) is 0.533. The predicted molar refractivity (Wildman–Crippen MR) is 77.6 cm³/mol. The zero-order valence-corrected chi connectivity index (χ0v) is 12.4. The molecule has 110 valence electrons. The molecule has 0 unspecified atom stereocenters. The summed E-state index contributed by atoms with van der Waals surface area (Å²) in [5.41, 5.74) is 0.652. The van der Waals surface area contributed by atoms with E-state index in [0.29, 0.717) is 23.7 Å². The van der Waals surface area contributed by atoms with Crippen LogP contribution in [0.2, 0.25) is 0 Å². The van der Waals surface area contributed by atoms with Gasteiger partial charge in [0.1, 0.15) is 0 Å². The third kappa shape index (κ3) is 3.22. The average molecular weight is 278 g/mol. The lowest BCUT2D eigenvalue weighted by Crippen LogP contribution is -2.47. The lowest BCUT2D eigenvalue weighted by atomic mass is 10.1. The minimum absolute atomic E-state index is 0.0571. The lowest BCUT2D eigenvalue weighted by Gasteiger charge is -2.32. The highest BCUT2D eigenvalue weighted by atomic mass is 16.5. The molecule has 1 fully saturated rings. The molecule has 5 heteroatoms. The second-order valence-electron chi connectivity index (χ2n) is 4.89. The standard InChI is InChI=1S/C15H22N2O3/c1-4-20-14-11-12(5-6-13(14)19-3)15(18)17-9-7-16(2)8-10-17/h5-6,11H,4,7-10H2,1-3H3. The highest BCUT2D eigenvalue weighted by Gasteiger charge is 2.21. The summed E-state index contributed by atoms with van der Waals surface area (Å²) in [7, 11) is 3.67. The van der Waals surface area contributed by atoms with Crippen molar-refractivity contribution in [1.82, 2.24) is 9.80 Å². The van der Waals surface area contributed by atoms with Crippen molar-refractivity contribution >= 4 is 5.91 Å². The smallest absolute Gasteiger partial charge is 0.254 e. The summed E-state index contributed by atoms with van der Waals surface area (Å²) < 4.78 is 10.8. The van der Waals surface area contributed by atoms with Crippen LogP contribution >= 0.6 is 0 Å². The van der Waals surface area contributed by atoms with E-state index in [1.165, 1.54) is 0 Å². The summed E-state index contributed by atoms with van der Waals surface area (Å²) in [5, 5.41) is 0. The molecule has 0 N–H and O–H groups in total. The summed E-state index contributed by atoms with van der Waals surface area (Å²) in [6.07, 6.45) is 0. The van der Waals surface area contributed by atoms with Crippen LogP contribution in [0.15, 0.2) is 18.2 Å². The van der Waals surface area contributed by atoms with E-state index in [2.05, 4.69) is 11.9 Å². The molecule has 5 nitrogen and oxygen atoms in total. The Morgan fingerprint density at radius 1 is 1.20 bits per heavy atom. The van der Waals surface area contributed by atoms with E-state index in [1.54, 1.807) is 25.3 Å². The number of carbonyl (C=O) groups excluding carboxylic acids is 1. The molecule has 2 rings (SSSR count). The van der Waals surface area contributed by atoms with Crippen molar-refractivity contribution in [3.05, 3.63) is 23.8 Å². The second-order valence-corrected chi connectivity index (χ2v) is 4.89. The number of hydrogen-bond acceptors (Lipinski definition) is 4. The number of carbonyl (C=O) groups is 1. The van der Waals surface area contributed by atoms with Gasteiger partial charge in [-0.05, 0) is 32.2 Å². The van der Waals surface area contributed by atoms with Crippen LogP contribution < -0.4 is 9.47 Å². The Balaban J connectivity index is 2.15. The molecule has 1 saturated heterocycles. The number of nitrogens with zero attached hydrogens (tertiary/aromatic N) is 2. The van der Waals surface area contributed by atoms with Gasteiger partial charge in [0.25, 0.3) is 5.91 Å². The van der Waals surface area contributed by atoms with Gasteiger partial charge in [0.05, 0.1) is 13.7 Å². The van der Waals surface area contributed by atoms with E-state index in [4.69, 9.17) is 9.47 Å². The summed E-state index contributed by atoms with van der Waals surface area (Å²) in [4.78, 5) is 16.6. The van der Waals surface area contributed by atoms with E-state index in [0.717, 1.165) is 26.2 Å². The Morgan fingerprint density at radius 3 is 2.50 bits per heavy atom. The Bertz CT molecular complexity index is 468. The number of methoxy groups -OCH3 is 1. The predicted octanol–water partition coefficient (Wildman–Crippen LogP) is 1.48. The SMILES string of the molecule is CCOc1cc(C(=O)N2CCN(C)CC2)ccc1OC. The molecule has 0 atom stereocenters. The van der Waals surface area contributed by atoms with E-state index in [1.807, 2.05) is 11.8 Å². The topological polar surface area (TPSA) is 42.0 Å². The van der Waals surface area contributed by atoms with Gasteiger partial charge in [-0.2, -0.15) is 0 Å². The van der Waals surface area contributed by atoms with Gasteiger partial charge in [0.2, 0.25) is 0 Å². The molecule has 0 aliphatic carbocycles. The number of ether oxygens (including phenoxy) is 2. The molecule has 0 spiro atoms. The van der Waals surface area contributed by atoms with Crippen molar-refractivity contribution in [2.75, 3.05) is 46.9 Å². The van der Waals surface area contributed by atoms with E-state index < -0.39 is 0 Å². The van der Waals surface area contributed by atoms with Crippen LogP contribution in [-0.4, -0.2) is 62.7 Å². The lowest BCUT2D eigenvalue weighted by molar-refractivity contribution is 0.0663. The maximum atomic E-state index is 12.5. The third-order valence-electron chi connectivity index (χ3n) is 3.50. The first-order valence-electron chi connectivity index (χ1n) is 6.94. The number of likely N-dealkylation sites (N-methyl/N-ethyl adjacent to an activating group) is 1. The van der Waals surface area contributed by atoms with Gasteiger partial charge in [-0.3, -0.25) is 4.79 Å². The van der Waals surface area contributed by atoms with Crippen LogP contribution in [0, 0.1) is 0 Å². The monoisotopic (exact) mass is 278 g/mol. The number of rotatable bonds is 4. The maximum absolute atomic E-state index is 12.5. The number of hydrogen-bond donors (Lipinski definition) is 0. The molecule has 1 aliphatic rings. The van der Waals surface area contributed by atoms with Crippen LogP contribution in [0.25, 0.3) is 0 Å². The molecule has 1 heterocycles. The Kier molecular flexibility index (Phi) is 4.84. The number of piperazine rings is 1. The van der Waals surface area contributed by atoms with Gasteiger partial charge in [0, 0.05) is 31.7 Å². The van der Waals surface area contributed by atoms with Gasteiger partial charge in [-0.15, -0.1) is 0 Å². The molecule has 20 heavy (non-hydrogen) atoms. The molecular formula is C15H22N2O3. The zero-order chi connectivity index (χ0) is 14.5. The van der Waals surface area contributed by atoms with Gasteiger partial charge >= 0.3 is 0 Å². The molecule has 0 bridgehead atoms. The first kappa shape index (κ1) is 14.7. The Hall–Kier alpha value is -1.75. The van der Waals surface area contributed by atoms with E-state index in [-0.39, 0.29) is 5.91 Å². The Labute approximate surface area is 120 Å². The summed E-state index contributed by atoms with van der Waals surface area (Å²) in [6, 6.07) is 5.35. The highest BCUT2D eigenvalue weighted by Crippen LogP contribution is 2.28. The van der Waals surface area contributed by atoms with Gasteiger partial charge in [-0.25, -0.2) is 0 Å².